The molecule has 2 saturated heterocycles. The highest BCUT2D eigenvalue weighted by Gasteiger charge is 2.27. The van der Waals surface area contributed by atoms with Crippen LogP contribution in [0.2, 0.25) is 5.02 Å². The number of aromatic nitrogens is 3. The van der Waals surface area contributed by atoms with Gasteiger partial charge in [0.05, 0.1) is 6.04 Å². The van der Waals surface area contributed by atoms with E-state index in [4.69, 9.17) is 16.6 Å². The zero-order valence-corrected chi connectivity index (χ0v) is 25.1. The topological polar surface area (TPSA) is 86.6 Å². The molecule has 0 aliphatic carbocycles. The van der Waals surface area contributed by atoms with Crippen molar-refractivity contribution in [1.82, 2.24) is 24.3 Å². The van der Waals surface area contributed by atoms with Crippen molar-refractivity contribution in [2.75, 3.05) is 56.5 Å². The van der Waals surface area contributed by atoms with Gasteiger partial charge in [0.15, 0.2) is 0 Å². The highest BCUT2D eigenvalue weighted by Crippen LogP contribution is 2.30. The second-order valence-electron chi connectivity index (χ2n) is 11.4. The van der Waals surface area contributed by atoms with Crippen LogP contribution in [0.5, 0.6) is 0 Å². The fourth-order valence-electron chi connectivity index (χ4n) is 6.10. The predicted molar refractivity (Wildman–Crippen MR) is 169 cm³/mol. The lowest BCUT2D eigenvalue weighted by atomic mass is 10.0. The number of halogens is 1. The lowest BCUT2D eigenvalue weighted by molar-refractivity contribution is -0.130. The number of piperazine rings is 1. The molecule has 0 radical (unpaired) electrons. The molecule has 4 aromatic rings. The molecule has 1 N–H and O–H groups in total. The van der Waals surface area contributed by atoms with Gasteiger partial charge in [0.1, 0.15) is 5.65 Å². The van der Waals surface area contributed by atoms with Gasteiger partial charge >= 0.3 is 0 Å². The van der Waals surface area contributed by atoms with Gasteiger partial charge in [0, 0.05) is 79.7 Å². The summed E-state index contributed by atoms with van der Waals surface area (Å²) in [5.41, 5.74) is 4.96. The Labute approximate surface area is 250 Å². The van der Waals surface area contributed by atoms with Gasteiger partial charge in [-0.15, -0.1) is 0 Å². The van der Waals surface area contributed by atoms with Gasteiger partial charge in [-0.3, -0.25) is 14.2 Å². The highest BCUT2D eigenvalue weighted by molar-refractivity contribution is 6.30. The van der Waals surface area contributed by atoms with E-state index in [-0.39, 0.29) is 17.5 Å². The number of carbonyl (C=O) groups is 1. The number of anilines is 3. The number of piperidine rings is 1. The first-order valence-corrected chi connectivity index (χ1v) is 14.9. The average molecular weight is 586 g/mol. The van der Waals surface area contributed by atoms with Crippen molar-refractivity contribution in [1.29, 1.82) is 0 Å². The number of rotatable bonds is 5. The SMILES string of the molecule is CC(=O)N1CCCC(n2c(=O)c(-c3cccc(Cl)c3)cc3cnc(Nc4ccc(N5CCN(C)CC5)c(C)c4)nc32)C1. The standard InChI is InChI=1S/C32H36ClN7O2/c1-21-16-26(9-10-29(21)38-14-12-37(3)13-15-38)35-32-34-19-24-18-28(23-6-4-7-25(33)17-23)31(42)40(30(24)36-32)27-8-5-11-39(20-27)22(2)41/h4,6-7,9-10,16-19,27H,5,8,11-15,20H2,1-3H3,(H,34,35,36). The minimum Gasteiger partial charge on any atom is -0.369 e. The average Bonchev–Trinajstić information content (AvgIpc) is 2.97. The summed E-state index contributed by atoms with van der Waals surface area (Å²) in [7, 11) is 2.16. The molecule has 2 aromatic heterocycles. The number of nitrogens with zero attached hydrogens (tertiary/aromatic N) is 6. The third-order valence-electron chi connectivity index (χ3n) is 8.41. The predicted octanol–water partition coefficient (Wildman–Crippen LogP) is 5.10. The Hall–Kier alpha value is -3.95. The van der Waals surface area contributed by atoms with Crippen LogP contribution < -0.4 is 15.8 Å². The van der Waals surface area contributed by atoms with Gasteiger partial charge in [-0.2, -0.15) is 4.98 Å². The molecule has 2 aromatic carbocycles. The van der Waals surface area contributed by atoms with E-state index in [2.05, 4.69) is 52.3 Å². The maximum Gasteiger partial charge on any atom is 0.260 e. The van der Waals surface area contributed by atoms with E-state index >= 15 is 0 Å². The second-order valence-corrected chi connectivity index (χ2v) is 11.8. The minimum atomic E-state index is -0.204. The Morgan fingerprint density at radius 2 is 1.86 bits per heavy atom. The van der Waals surface area contributed by atoms with Crippen molar-refractivity contribution >= 4 is 45.9 Å². The molecule has 2 aliphatic rings. The summed E-state index contributed by atoms with van der Waals surface area (Å²) in [6.07, 6.45) is 3.35. The molecule has 0 saturated carbocycles. The number of aryl methyl sites for hydroxylation is 1. The molecule has 2 fully saturated rings. The maximum atomic E-state index is 14.1. The van der Waals surface area contributed by atoms with Crippen molar-refractivity contribution in [3.63, 3.8) is 0 Å². The molecule has 0 bridgehead atoms. The summed E-state index contributed by atoms with van der Waals surface area (Å²) in [6, 6.07) is 15.2. The fraction of sp³-hybridized carbons (Fsp3) is 0.375. The second kappa shape index (κ2) is 11.7. The number of likely N-dealkylation sites (tertiary alicyclic amines) is 1. The number of nitrogens with one attached hydrogen (secondary N) is 1. The Kier molecular flexibility index (Phi) is 7.88. The molecule has 42 heavy (non-hydrogen) atoms. The number of likely N-dealkylation sites (N-methyl/N-ethyl adjacent to an activating group) is 1. The minimum absolute atomic E-state index is 0.00965. The van der Waals surface area contributed by atoms with E-state index in [1.807, 2.05) is 23.1 Å². The van der Waals surface area contributed by atoms with Gasteiger partial charge in [-0.1, -0.05) is 23.7 Å². The summed E-state index contributed by atoms with van der Waals surface area (Å²) < 4.78 is 1.76. The molecule has 10 heteroatoms. The summed E-state index contributed by atoms with van der Waals surface area (Å²) in [5.74, 6) is 0.424. The molecule has 218 valence electrons. The van der Waals surface area contributed by atoms with Crippen LogP contribution in [0.15, 0.2) is 59.5 Å². The largest absolute Gasteiger partial charge is 0.369 e. The lowest BCUT2D eigenvalue weighted by Crippen LogP contribution is -2.44. The molecule has 1 unspecified atom stereocenters. The van der Waals surface area contributed by atoms with Crippen LogP contribution in [0.4, 0.5) is 17.3 Å². The molecule has 4 heterocycles. The first-order valence-electron chi connectivity index (χ1n) is 14.5. The van der Waals surface area contributed by atoms with Crippen LogP contribution in [0, 0.1) is 6.92 Å². The third kappa shape index (κ3) is 5.71. The molecule has 0 spiro atoms. The van der Waals surface area contributed by atoms with E-state index in [0.29, 0.717) is 35.3 Å². The van der Waals surface area contributed by atoms with E-state index in [9.17, 15) is 9.59 Å². The quantitative estimate of drug-likeness (QED) is 0.349. The molecule has 1 atom stereocenters. The number of fused-ring (bicyclic) bond motifs is 1. The maximum absolute atomic E-state index is 14.1. The normalized spacial score (nSPS) is 18.0. The summed E-state index contributed by atoms with van der Waals surface area (Å²) in [5, 5.41) is 4.66. The summed E-state index contributed by atoms with van der Waals surface area (Å²) in [4.78, 5) is 42.5. The van der Waals surface area contributed by atoms with Crippen LogP contribution >= 0.6 is 11.6 Å². The first-order chi connectivity index (χ1) is 20.3. The van der Waals surface area contributed by atoms with Crippen LogP contribution in [-0.2, 0) is 4.79 Å². The van der Waals surface area contributed by atoms with E-state index in [1.165, 1.54) is 11.3 Å². The first kappa shape index (κ1) is 28.2. The number of amides is 1. The summed E-state index contributed by atoms with van der Waals surface area (Å²) in [6.45, 7) is 8.98. The smallest absolute Gasteiger partial charge is 0.260 e. The number of benzene rings is 2. The number of hydrogen-bond acceptors (Lipinski definition) is 7. The molecular formula is C32H36ClN7O2. The molecule has 9 nitrogen and oxygen atoms in total. The monoisotopic (exact) mass is 585 g/mol. The number of hydrogen-bond donors (Lipinski definition) is 1. The Balaban J connectivity index is 1.38. The Bertz CT molecular complexity index is 1700. The fourth-order valence-corrected chi connectivity index (χ4v) is 6.29. The van der Waals surface area contributed by atoms with Gasteiger partial charge < -0.3 is 20.0 Å². The van der Waals surface area contributed by atoms with Gasteiger partial charge in [0.25, 0.3) is 5.56 Å². The summed E-state index contributed by atoms with van der Waals surface area (Å²) >= 11 is 6.29. The van der Waals surface area contributed by atoms with Gasteiger partial charge in [-0.25, -0.2) is 4.98 Å². The van der Waals surface area contributed by atoms with E-state index in [1.54, 1.807) is 29.8 Å². The number of carbonyl (C=O) groups excluding carboxylic acids is 1. The van der Waals surface area contributed by atoms with Crippen molar-refractivity contribution < 1.29 is 4.79 Å². The Morgan fingerprint density at radius 1 is 1.05 bits per heavy atom. The van der Waals surface area contributed by atoms with E-state index < -0.39 is 0 Å². The van der Waals surface area contributed by atoms with Crippen LogP contribution in [0.25, 0.3) is 22.2 Å². The van der Waals surface area contributed by atoms with Crippen LogP contribution in [0.3, 0.4) is 0 Å². The van der Waals surface area contributed by atoms with Crippen molar-refractivity contribution in [3.05, 3.63) is 75.7 Å². The zero-order chi connectivity index (χ0) is 29.4. The highest BCUT2D eigenvalue weighted by atomic mass is 35.5. The van der Waals surface area contributed by atoms with Crippen molar-refractivity contribution in [3.8, 4) is 11.1 Å². The molecule has 6 rings (SSSR count). The Morgan fingerprint density at radius 3 is 2.60 bits per heavy atom. The van der Waals surface area contributed by atoms with Crippen LogP contribution in [-0.4, -0.2) is 76.6 Å². The van der Waals surface area contributed by atoms with Crippen LogP contribution in [0.1, 0.15) is 31.4 Å². The number of pyridine rings is 1. The van der Waals surface area contributed by atoms with Crippen molar-refractivity contribution in [2.24, 2.45) is 0 Å². The van der Waals surface area contributed by atoms with Crippen molar-refractivity contribution in [2.45, 2.75) is 32.7 Å². The third-order valence-corrected chi connectivity index (χ3v) is 8.65. The molecule has 1 amide bonds. The molecular weight excluding hydrogens is 550 g/mol. The lowest BCUT2D eigenvalue weighted by Gasteiger charge is -2.35. The van der Waals surface area contributed by atoms with Gasteiger partial charge in [0.2, 0.25) is 11.9 Å². The van der Waals surface area contributed by atoms with E-state index in [0.717, 1.165) is 55.7 Å². The zero-order valence-electron chi connectivity index (χ0n) is 24.3. The molecule has 2 aliphatic heterocycles. The van der Waals surface area contributed by atoms with Gasteiger partial charge in [-0.05, 0) is 74.3 Å².